The van der Waals surface area contributed by atoms with E-state index in [0.29, 0.717) is 0 Å². The Morgan fingerprint density at radius 1 is 1.50 bits per heavy atom. The first-order chi connectivity index (χ1) is 8.54. The minimum Gasteiger partial charge on any atom is -0.464 e. The summed E-state index contributed by atoms with van der Waals surface area (Å²) in [6.45, 7) is 1.76. The number of nitrogens with zero attached hydrogens (tertiary/aromatic N) is 1. The Hall–Kier alpha value is -1.88. The number of benzene rings is 1. The second kappa shape index (κ2) is 4.78. The number of aromatic nitrogens is 2. The maximum atomic E-state index is 13.8. The predicted molar refractivity (Wildman–Crippen MR) is 65.1 cm³/mol. The molecule has 0 aliphatic heterocycles. The highest BCUT2D eigenvalue weighted by Gasteiger charge is 2.17. The molecule has 0 spiro atoms. The molecule has 1 aromatic carbocycles. The molecular weight excluding hydrogens is 259 g/mol. The van der Waals surface area contributed by atoms with Crippen LogP contribution in [0.15, 0.2) is 18.2 Å². The minimum atomic E-state index is -0.571. The van der Waals surface area contributed by atoms with Crippen LogP contribution in [0, 0.1) is 12.7 Å². The minimum absolute atomic E-state index is 0.143. The van der Waals surface area contributed by atoms with E-state index in [1.54, 1.807) is 13.0 Å². The SMILES string of the molecule is COC(=O)c1cc(-c2c(F)ccc(C)c2Cl)n[nH]1. The lowest BCUT2D eigenvalue weighted by Crippen LogP contribution is -2.00. The van der Waals surface area contributed by atoms with Crippen molar-refractivity contribution >= 4 is 17.6 Å². The van der Waals surface area contributed by atoms with Crippen LogP contribution in [0.3, 0.4) is 0 Å². The molecule has 0 atom stereocenters. The number of methoxy groups -OCH3 is 1. The fraction of sp³-hybridized carbons (Fsp3) is 0.167. The molecule has 2 aromatic rings. The highest BCUT2D eigenvalue weighted by Crippen LogP contribution is 2.32. The van der Waals surface area contributed by atoms with E-state index in [2.05, 4.69) is 14.9 Å². The van der Waals surface area contributed by atoms with Crippen molar-refractivity contribution in [2.75, 3.05) is 7.11 Å². The lowest BCUT2D eigenvalue weighted by molar-refractivity contribution is 0.0594. The standard InChI is InChI=1S/C12H10ClFN2O2/c1-6-3-4-7(14)10(11(6)13)8-5-9(16-15-8)12(17)18-2/h3-5H,1-2H3,(H,15,16). The van der Waals surface area contributed by atoms with Crippen LogP contribution in [0.1, 0.15) is 16.1 Å². The van der Waals surface area contributed by atoms with Gasteiger partial charge in [0.1, 0.15) is 11.5 Å². The van der Waals surface area contributed by atoms with Gasteiger partial charge in [0.05, 0.1) is 23.4 Å². The maximum absolute atomic E-state index is 13.8. The monoisotopic (exact) mass is 268 g/mol. The van der Waals surface area contributed by atoms with E-state index in [4.69, 9.17) is 11.6 Å². The molecule has 0 saturated heterocycles. The van der Waals surface area contributed by atoms with Crippen LogP contribution < -0.4 is 0 Å². The molecule has 18 heavy (non-hydrogen) atoms. The largest absolute Gasteiger partial charge is 0.464 e. The summed E-state index contributed by atoms with van der Waals surface area (Å²) in [7, 11) is 1.25. The maximum Gasteiger partial charge on any atom is 0.356 e. The summed E-state index contributed by atoms with van der Waals surface area (Å²) in [5.74, 6) is -1.06. The topological polar surface area (TPSA) is 55.0 Å². The van der Waals surface area contributed by atoms with Crippen LogP contribution in [0.5, 0.6) is 0 Å². The Labute approximate surface area is 108 Å². The van der Waals surface area contributed by atoms with Crippen molar-refractivity contribution in [1.29, 1.82) is 0 Å². The summed E-state index contributed by atoms with van der Waals surface area (Å²) in [6.07, 6.45) is 0. The molecule has 1 N–H and O–H groups in total. The molecule has 6 heteroatoms. The first-order valence-corrected chi connectivity index (χ1v) is 5.51. The molecule has 0 aliphatic carbocycles. The van der Waals surface area contributed by atoms with Crippen molar-refractivity contribution in [1.82, 2.24) is 10.2 Å². The number of ether oxygens (including phenoxy) is 1. The Bertz CT molecular complexity index is 610. The van der Waals surface area contributed by atoms with Crippen molar-refractivity contribution in [3.63, 3.8) is 0 Å². The molecule has 94 valence electrons. The zero-order valence-electron chi connectivity index (χ0n) is 9.75. The Balaban J connectivity index is 2.53. The highest BCUT2D eigenvalue weighted by atomic mass is 35.5. The normalized spacial score (nSPS) is 10.4. The van der Waals surface area contributed by atoms with Gasteiger partial charge in [-0.1, -0.05) is 17.7 Å². The Morgan fingerprint density at radius 3 is 2.89 bits per heavy atom. The van der Waals surface area contributed by atoms with E-state index in [9.17, 15) is 9.18 Å². The number of aryl methyl sites for hydroxylation is 1. The average molecular weight is 269 g/mol. The van der Waals surface area contributed by atoms with Crippen LogP contribution >= 0.6 is 11.6 Å². The number of carbonyl (C=O) groups excluding carboxylic acids is 1. The number of hydrogen-bond acceptors (Lipinski definition) is 3. The summed E-state index contributed by atoms with van der Waals surface area (Å²) in [5, 5.41) is 6.62. The number of carbonyl (C=O) groups is 1. The van der Waals surface area contributed by atoms with Gasteiger partial charge in [-0.2, -0.15) is 5.10 Å². The molecule has 0 saturated carbocycles. The van der Waals surface area contributed by atoms with Crippen LogP contribution in [0.2, 0.25) is 5.02 Å². The summed E-state index contributed by atoms with van der Waals surface area (Å²) in [6, 6.07) is 4.29. The third-order valence-corrected chi connectivity index (χ3v) is 3.01. The van der Waals surface area contributed by atoms with Crippen molar-refractivity contribution in [3.05, 3.63) is 40.3 Å². The van der Waals surface area contributed by atoms with Crippen LogP contribution in [0.4, 0.5) is 4.39 Å². The summed E-state index contributed by atoms with van der Waals surface area (Å²) >= 11 is 6.05. The summed E-state index contributed by atoms with van der Waals surface area (Å²) in [4.78, 5) is 11.3. The second-order valence-corrected chi connectivity index (χ2v) is 4.09. The van der Waals surface area contributed by atoms with Crippen molar-refractivity contribution in [3.8, 4) is 11.3 Å². The third kappa shape index (κ3) is 2.09. The lowest BCUT2D eigenvalue weighted by atomic mass is 10.1. The van der Waals surface area contributed by atoms with Gasteiger partial charge in [-0.3, -0.25) is 5.10 Å². The summed E-state index contributed by atoms with van der Waals surface area (Å²) in [5.41, 5.74) is 1.31. The number of rotatable bonds is 2. The molecule has 1 heterocycles. The van der Waals surface area contributed by atoms with E-state index in [0.717, 1.165) is 5.56 Å². The second-order valence-electron chi connectivity index (χ2n) is 3.71. The van der Waals surface area contributed by atoms with Gasteiger partial charge >= 0.3 is 5.97 Å². The summed E-state index contributed by atoms with van der Waals surface area (Å²) < 4.78 is 18.3. The van der Waals surface area contributed by atoms with Crippen molar-refractivity contribution in [2.45, 2.75) is 6.92 Å². The van der Waals surface area contributed by atoms with Crippen LogP contribution in [-0.2, 0) is 4.74 Å². The molecule has 1 aromatic heterocycles. The molecule has 4 nitrogen and oxygen atoms in total. The zero-order chi connectivity index (χ0) is 13.3. The molecule has 0 fully saturated rings. The van der Waals surface area contributed by atoms with Gasteiger partial charge in [0.15, 0.2) is 0 Å². The highest BCUT2D eigenvalue weighted by molar-refractivity contribution is 6.34. The molecule has 2 rings (SSSR count). The first kappa shape index (κ1) is 12.6. The van der Waals surface area contributed by atoms with Crippen LogP contribution in [0.25, 0.3) is 11.3 Å². The number of hydrogen-bond donors (Lipinski definition) is 1. The van der Waals surface area contributed by atoms with Gasteiger partial charge in [0, 0.05) is 0 Å². The molecule has 0 radical (unpaired) electrons. The van der Waals surface area contributed by atoms with E-state index in [1.807, 2.05) is 0 Å². The fourth-order valence-corrected chi connectivity index (χ4v) is 1.81. The third-order valence-electron chi connectivity index (χ3n) is 2.52. The van der Waals surface area contributed by atoms with Crippen molar-refractivity contribution in [2.24, 2.45) is 0 Å². The molecular formula is C12H10ClFN2O2. The smallest absolute Gasteiger partial charge is 0.356 e. The number of halogens is 2. The number of H-pyrrole nitrogens is 1. The van der Waals surface area contributed by atoms with Gasteiger partial charge in [0.25, 0.3) is 0 Å². The first-order valence-electron chi connectivity index (χ1n) is 5.13. The van der Waals surface area contributed by atoms with Gasteiger partial charge in [-0.25, -0.2) is 9.18 Å². The van der Waals surface area contributed by atoms with Gasteiger partial charge in [-0.05, 0) is 24.6 Å². The Kier molecular flexibility index (Phi) is 3.34. The lowest BCUT2D eigenvalue weighted by Gasteiger charge is -2.05. The van der Waals surface area contributed by atoms with Gasteiger partial charge < -0.3 is 4.74 Å². The number of nitrogens with one attached hydrogen (secondary N) is 1. The quantitative estimate of drug-likeness (QED) is 0.852. The van der Waals surface area contributed by atoms with E-state index in [1.165, 1.54) is 19.2 Å². The molecule has 0 unspecified atom stereocenters. The number of esters is 1. The van der Waals surface area contributed by atoms with E-state index in [-0.39, 0.29) is 22.0 Å². The molecule has 0 amide bonds. The van der Waals surface area contributed by atoms with Crippen molar-refractivity contribution < 1.29 is 13.9 Å². The molecule has 0 aliphatic rings. The number of aromatic amines is 1. The van der Waals surface area contributed by atoms with Crippen LogP contribution in [-0.4, -0.2) is 23.3 Å². The average Bonchev–Trinajstić information content (AvgIpc) is 2.83. The van der Waals surface area contributed by atoms with Gasteiger partial charge in [-0.15, -0.1) is 0 Å². The zero-order valence-corrected chi connectivity index (χ0v) is 10.5. The van der Waals surface area contributed by atoms with Gasteiger partial charge in [0.2, 0.25) is 0 Å². The van der Waals surface area contributed by atoms with E-state index >= 15 is 0 Å². The Morgan fingerprint density at radius 2 is 2.22 bits per heavy atom. The fourth-order valence-electron chi connectivity index (χ4n) is 1.56. The van der Waals surface area contributed by atoms with E-state index < -0.39 is 11.8 Å². The predicted octanol–water partition coefficient (Wildman–Crippen LogP) is 2.96. The molecule has 0 bridgehead atoms.